The largest absolute Gasteiger partial charge is 0.462 e. The molecule has 2 N–H and O–H groups in total. The van der Waals surface area contributed by atoms with Gasteiger partial charge in [0.1, 0.15) is 5.56 Å². The van der Waals surface area contributed by atoms with E-state index in [4.69, 9.17) is 4.74 Å². The smallest absolute Gasteiger partial charge is 0.341 e. The molecule has 0 saturated carbocycles. The van der Waals surface area contributed by atoms with E-state index in [1.807, 2.05) is 31.2 Å². The van der Waals surface area contributed by atoms with Gasteiger partial charge in [-0.1, -0.05) is 6.07 Å². The Morgan fingerprint density at radius 3 is 2.93 bits per heavy atom. The Morgan fingerprint density at radius 2 is 2.21 bits per heavy atom. The van der Waals surface area contributed by atoms with Gasteiger partial charge in [0.15, 0.2) is 0 Å². The van der Waals surface area contributed by atoms with Gasteiger partial charge in [-0.2, -0.15) is 5.10 Å². The maximum atomic E-state index is 12.2. The molecule has 1 fully saturated rings. The molecule has 1 unspecified atom stereocenters. The van der Waals surface area contributed by atoms with Gasteiger partial charge in [-0.05, 0) is 63.9 Å². The Morgan fingerprint density at radius 1 is 1.39 bits per heavy atom. The number of nitrogens with zero attached hydrogens (tertiary/aromatic N) is 2. The van der Waals surface area contributed by atoms with Crippen molar-refractivity contribution in [3.63, 3.8) is 0 Å². The number of hydrogen-bond acceptors (Lipinski definition) is 5. The number of aromatic nitrogens is 2. The third kappa shape index (κ3) is 5.33. The lowest BCUT2D eigenvalue weighted by Crippen LogP contribution is -2.15. The van der Waals surface area contributed by atoms with E-state index < -0.39 is 0 Å². The predicted molar refractivity (Wildman–Crippen MR) is 110 cm³/mol. The number of benzene rings is 1. The molecule has 1 saturated heterocycles. The Hall–Kier alpha value is -2.38. The molecular formula is C20H27ClN4O3. The van der Waals surface area contributed by atoms with Crippen molar-refractivity contribution in [1.29, 1.82) is 0 Å². The summed E-state index contributed by atoms with van der Waals surface area (Å²) in [5.41, 5.74) is 2.64. The minimum Gasteiger partial charge on any atom is -0.462 e. The van der Waals surface area contributed by atoms with Crippen molar-refractivity contribution in [3.05, 3.63) is 41.7 Å². The number of ether oxygens (including phenoxy) is 1. The number of anilines is 1. The highest BCUT2D eigenvalue weighted by Gasteiger charge is 2.17. The monoisotopic (exact) mass is 406 g/mol. The molecule has 3 rings (SSSR count). The molecular weight excluding hydrogens is 380 g/mol. The fourth-order valence-corrected chi connectivity index (χ4v) is 3.31. The molecule has 0 bridgehead atoms. The molecule has 28 heavy (non-hydrogen) atoms. The summed E-state index contributed by atoms with van der Waals surface area (Å²) >= 11 is 0. The topological polar surface area (TPSA) is 85.2 Å². The van der Waals surface area contributed by atoms with Gasteiger partial charge in [0.25, 0.3) is 0 Å². The van der Waals surface area contributed by atoms with Crippen LogP contribution < -0.4 is 10.6 Å². The molecule has 1 aromatic carbocycles. The van der Waals surface area contributed by atoms with Crippen molar-refractivity contribution >= 4 is 30.0 Å². The van der Waals surface area contributed by atoms with Crippen LogP contribution in [-0.4, -0.2) is 41.4 Å². The number of hydrogen-bond donors (Lipinski definition) is 2. The van der Waals surface area contributed by atoms with E-state index in [1.165, 1.54) is 6.20 Å². The highest BCUT2D eigenvalue weighted by molar-refractivity contribution is 5.91. The second kappa shape index (κ2) is 10.2. The zero-order valence-corrected chi connectivity index (χ0v) is 17.1. The van der Waals surface area contributed by atoms with Crippen molar-refractivity contribution in [2.75, 3.05) is 25.0 Å². The van der Waals surface area contributed by atoms with Crippen LogP contribution in [0.3, 0.4) is 0 Å². The minimum atomic E-state index is -0.382. The van der Waals surface area contributed by atoms with E-state index in [9.17, 15) is 9.59 Å². The van der Waals surface area contributed by atoms with Gasteiger partial charge >= 0.3 is 5.97 Å². The number of nitrogens with one attached hydrogen (secondary N) is 2. The van der Waals surface area contributed by atoms with E-state index in [2.05, 4.69) is 15.7 Å². The Labute approximate surface area is 171 Å². The van der Waals surface area contributed by atoms with Gasteiger partial charge in [-0.15, -0.1) is 12.4 Å². The van der Waals surface area contributed by atoms with E-state index in [0.717, 1.165) is 37.3 Å². The first-order chi connectivity index (χ1) is 13.1. The lowest BCUT2D eigenvalue weighted by molar-refractivity contribution is -0.116. The molecule has 1 aliphatic rings. The predicted octanol–water partition coefficient (Wildman–Crippen LogP) is 3.11. The summed E-state index contributed by atoms with van der Waals surface area (Å²) in [5.74, 6) is 0.227. The number of esters is 1. The van der Waals surface area contributed by atoms with Crippen LogP contribution >= 0.6 is 12.4 Å². The van der Waals surface area contributed by atoms with Crippen LogP contribution in [0.5, 0.6) is 0 Å². The van der Waals surface area contributed by atoms with Crippen molar-refractivity contribution in [1.82, 2.24) is 15.1 Å². The SMILES string of the molecule is CCOC(=O)c1cnn(-c2cccc(NC(=O)CCC3CCNC3)c2)c1C.Cl. The maximum absolute atomic E-state index is 12.2. The molecule has 1 aromatic heterocycles. The molecule has 1 aliphatic heterocycles. The second-order valence-corrected chi connectivity index (χ2v) is 6.77. The van der Waals surface area contributed by atoms with Crippen LogP contribution in [-0.2, 0) is 9.53 Å². The van der Waals surface area contributed by atoms with Gasteiger partial charge in [0.05, 0.1) is 24.2 Å². The third-order valence-electron chi connectivity index (χ3n) is 4.82. The fraction of sp³-hybridized carbons (Fsp3) is 0.450. The molecule has 1 amide bonds. The van der Waals surface area contributed by atoms with Crippen LogP contribution in [0.15, 0.2) is 30.5 Å². The zero-order chi connectivity index (χ0) is 19.2. The highest BCUT2D eigenvalue weighted by Crippen LogP contribution is 2.20. The summed E-state index contributed by atoms with van der Waals surface area (Å²) in [7, 11) is 0. The number of amides is 1. The van der Waals surface area contributed by atoms with Gasteiger partial charge in [-0.3, -0.25) is 4.79 Å². The average molecular weight is 407 g/mol. The molecule has 0 radical (unpaired) electrons. The Balaban J connectivity index is 0.00000280. The molecule has 7 nitrogen and oxygen atoms in total. The first-order valence-corrected chi connectivity index (χ1v) is 9.41. The average Bonchev–Trinajstić information content (AvgIpc) is 3.30. The van der Waals surface area contributed by atoms with E-state index >= 15 is 0 Å². The van der Waals surface area contributed by atoms with Crippen LogP contribution in [0.1, 0.15) is 42.2 Å². The molecule has 1 atom stereocenters. The highest BCUT2D eigenvalue weighted by atomic mass is 35.5. The Bertz CT molecular complexity index is 816. The lowest BCUT2D eigenvalue weighted by Gasteiger charge is -2.11. The summed E-state index contributed by atoms with van der Waals surface area (Å²) in [6.07, 6.45) is 4.07. The lowest BCUT2D eigenvalue weighted by atomic mass is 10.0. The van der Waals surface area contributed by atoms with Crippen molar-refractivity contribution in [2.24, 2.45) is 5.92 Å². The first kappa shape index (κ1) is 21.9. The van der Waals surface area contributed by atoms with Crippen LogP contribution in [0.25, 0.3) is 5.69 Å². The molecule has 2 aromatic rings. The number of halogens is 1. The molecule has 0 aliphatic carbocycles. The van der Waals surface area contributed by atoms with Crippen LogP contribution in [0.2, 0.25) is 0 Å². The van der Waals surface area contributed by atoms with Gasteiger partial charge in [0, 0.05) is 12.1 Å². The number of carbonyl (C=O) groups is 2. The van der Waals surface area contributed by atoms with E-state index in [1.54, 1.807) is 11.6 Å². The summed E-state index contributed by atoms with van der Waals surface area (Å²) < 4.78 is 6.72. The molecule has 0 spiro atoms. The van der Waals surface area contributed by atoms with Crippen LogP contribution in [0.4, 0.5) is 5.69 Å². The van der Waals surface area contributed by atoms with E-state index in [0.29, 0.717) is 30.2 Å². The first-order valence-electron chi connectivity index (χ1n) is 9.41. The minimum absolute atomic E-state index is 0. The van der Waals surface area contributed by atoms with Crippen molar-refractivity contribution < 1.29 is 14.3 Å². The normalized spacial score (nSPS) is 15.7. The summed E-state index contributed by atoms with van der Waals surface area (Å²) in [4.78, 5) is 24.2. The summed E-state index contributed by atoms with van der Waals surface area (Å²) in [5, 5.41) is 10.6. The second-order valence-electron chi connectivity index (χ2n) is 6.77. The van der Waals surface area contributed by atoms with Crippen molar-refractivity contribution in [2.45, 2.75) is 33.1 Å². The standard InChI is InChI=1S/C20H26N4O3.ClH/c1-3-27-20(26)18-13-22-24(14(18)2)17-6-4-5-16(11-17)23-19(25)8-7-15-9-10-21-12-15;/h4-6,11,13,15,21H,3,7-10,12H2,1-2H3,(H,23,25);1H. The van der Waals surface area contributed by atoms with E-state index in [-0.39, 0.29) is 24.3 Å². The van der Waals surface area contributed by atoms with Crippen molar-refractivity contribution in [3.8, 4) is 5.69 Å². The number of rotatable bonds is 7. The molecule has 152 valence electrons. The summed E-state index contributed by atoms with van der Waals surface area (Å²) in [6.45, 7) is 5.96. The van der Waals surface area contributed by atoms with Gasteiger partial charge < -0.3 is 15.4 Å². The van der Waals surface area contributed by atoms with Gasteiger partial charge in [-0.25, -0.2) is 9.48 Å². The Kier molecular flexibility index (Phi) is 8.02. The maximum Gasteiger partial charge on any atom is 0.341 e. The fourth-order valence-electron chi connectivity index (χ4n) is 3.31. The summed E-state index contributed by atoms with van der Waals surface area (Å²) in [6, 6.07) is 7.44. The molecule has 2 heterocycles. The third-order valence-corrected chi connectivity index (χ3v) is 4.82. The quantitative estimate of drug-likeness (QED) is 0.690. The van der Waals surface area contributed by atoms with Crippen LogP contribution in [0, 0.1) is 12.8 Å². The number of carbonyl (C=O) groups excluding carboxylic acids is 2. The van der Waals surface area contributed by atoms with Gasteiger partial charge in [0.2, 0.25) is 5.91 Å². The zero-order valence-electron chi connectivity index (χ0n) is 16.2. The molecule has 8 heteroatoms.